The van der Waals surface area contributed by atoms with Crippen LogP contribution >= 0.6 is 0 Å². The van der Waals surface area contributed by atoms with Gasteiger partial charge in [0.25, 0.3) is 0 Å². The number of phenolic OH excluding ortho intramolecular Hbond substituents is 1. The summed E-state index contributed by atoms with van der Waals surface area (Å²) in [5, 5.41) is 20.7. The van der Waals surface area contributed by atoms with E-state index in [-0.39, 0.29) is 16.9 Å². The zero-order valence-corrected chi connectivity index (χ0v) is 15.7. The minimum absolute atomic E-state index is 0.0865. The van der Waals surface area contributed by atoms with Gasteiger partial charge in [0, 0.05) is 16.7 Å². The molecule has 1 saturated heterocycles. The highest BCUT2D eigenvalue weighted by molar-refractivity contribution is 5.49. The van der Waals surface area contributed by atoms with Gasteiger partial charge in [-0.3, -0.25) is 0 Å². The molecular weight excluding hydrogens is 286 g/mol. The van der Waals surface area contributed by atoms with Crippen LogP contribution in [0.2, 0.25) is 0 Å². The SMILES string of the molecule is CC(C)(C)c1cc(C[NH+]2CCC[C@H](O)C2)cc(C(C)(C)C)c1O. The smallest absolute Gasteiger partial charge is 0.123 e. The topological polar surface area (TPSA) is 44.9 Å². The fraction of sp³-hybridized carbons (Fsp3) is 0.700. The Morgan fingerprint density at radius 1 is 1.04 bits per heavy atom. The van der Waals surface area contributed by atoms with Gasteiger partial charge in [-0.05, 0) is 35.8 Å². The third-order valence-electron chi connectivity index (χ3n) is 4.83. The van der Waals surface area contributed by atoms with Gasteiger partial charge in [-0.25, -0.2) is 0 Å². The number of benzene rings is 1. The molecule has 3 heteroatoms. The molecule has 0 radical (unpaired) electrons. The number of phenols is 1. The molecule has 1 heterocycles. The molecule has 0 amide bonds. The van der Waals surface area contributed by atoms with Crippen LogP contribution in [0.3, 0.4) is 0 Å². The number of likely N-dealkylation sites (tertiary alicyclic amines) is 1. The first-order valence-corrected chi connectivity index (χ1v) is 8.87. The Morgan fingerprint density at radius 3 is 2.00 bits per heavy atom. The van der Waals surface area contributed by atoms with E-state index in [0.717, 1.165) is 43.6 Å². The Labute approximate surface area is 141 Å². The van der Waals surface area contributed by atoms with Crippen LogP contribution in [-0.2, 0) is 17.4 Å². The highest BCUT2D eigenvalue weighted by atomic mass is 16.3. The van der Waals surface area contributed by atoms with Crippen LogP contribution in [0, 0.1) is 0 Å². The van der Waals surface area contributed by atoms with Crippen molar-refractivity contribution in [3.63, 3.8) is 0 Å². The highest BCUT2D eigenvalue weighted by Crippen LogP contribution is 2.39. The number of aliphatic hydroxyl groups excluding tert-OH is 1. The van der Waals surface area contributed by atoms with Gasteiger partial charge in [0.05, 0.1) is 6.54 Å². The Morgan fingerprint density at radius 2 is 1.57 bits per heavy atom. The van der Waals surface area contributed by atoms with Crippen LogP contribution in [0.4, 0.5) is 0 Å². The van der Waals surface area contributed by atoms with E-state index in [1.54, 1.807) is 0 Å². The Bertz CT molecular complexity index is 517. The van der Waals surface area contributed by atoms with Crippen LogP contribution < -0.4 is 4.90 Å². The summed E-state index contributed by atoms with van der Waals surface area (Å²) in [7, 11) is 0. The minimum Gasteiger partial charge on any atom is -0.507 e. The van der Waals surface area contributed by atoms with E-state index in [4.69, 9.17) is 0 Å². The fourth-order valence-corrected chi connectivity index (χ4v) is 3.51. The highest BCUT2D eigenvalue weighted by Gasteiger charge is 2.28. The second-order valence-corrected chi connectivity index (χ2v) is 9.22. The summed E-state index contributed by atoms with van der Waals surface area (Å²) in [6.45, 7) is 15.8. The summed E-state index contributed by atoms with van der Waals surface area (Å²) in [6.07, 6.45) is 1.85. The molecule has 0 spiro atoms. The van der Waals surface area contributed by atoms with E-state index in [1.807, 2.05) is 0 Å². The van der Waals surface area contributed by atoms with E-state index in [1.165, 1.54) is 10.5 Å². The lowest BCUT2D eigenvalue weighted by Crippen LogP contribution is -3.12. The zero-order chi connectivity index (χ0) is 17.4. The number of quaternary nitrogens is 1. The van der Waals surface area contributed by atoms with Crippen molar-refractivity contribution in [2.24, 2.45) is 0 Å². The Balaban J connectivity index is 2.39. The predicted molar refractivity (Wildman–Crippen MR) is 95.1 cm³/mol. The number of hydrogen-bond donors (Lipinski definition) is 3. The van der Waals surface area contributed by atoms with Crippen molar-refractivity contribution in [3.8, 4) is 5.75 Å². The molecular formula is C20H34NO2+. The first-order chi connectivity index (χ1) is 10.5. The number of rotatable bonds is 2. The lowest BCUT2D eigenvalue weighted by atomic mass is 9.78. The number of piperidine rings is 1. The molecule has 3 N–H and O–H groups in total. The fourth-order valence-electron chi connectivity index (χ4n) is 3.51. The summed E-state index contributed by atoms with van der Waals surface area (Å²) in [4.78, 5) is 1.44. The largest absolute Gasteiger partial charge is 0.507 e. The van der Waals surface area contributed by atoms with Crippen molar-refractivity contribution in [2.75, 3.05) is 13.1 Å². The van der Waals surface area contributed by atoms with Crippen molar-refractivity contribution >= 4 is 0 Å². The second kappa shape index (κ2) is 6.45. The standard InChI is InChI=1S/C20H33NO2/c1-19(2,3)16-10-14(11-17(18(16)23)20(4,5)6)12-21-9-7-8-15(22)13-21/h10-11,15,22-23H,7-9,12-13H2,1-6H3/p+1/t15-/m0/s1. The average molecular weight is 320 g/mol. The summed E-state index contributed by atoms with van der Waals surface area (Å²) >= 11 is 0. The van der Waals surface area contributed by atoms with Crippen molar-refractivity contribution in [1.29, 1.82) is 0 Å². The first-order valence-electron chi connectivity index (χ1n) is 8.87. The number of hydrogen-bond acceptors (Lipinski definition) is 2. The predicted octanol–water partition coefficient (Wildman–Crippen LogP) is 2.53. The van der Waals surface area contributed by atoms with Crippen molar-refractivity contribution in [2.45, 2.75) is 77.9 Å². The maximum atomic E-state index is 10.8. The molecule has 1 fully saturated rings. The maximum Gasteiger partial charge on any atom is 0.123 e. The molecule has 0 saturated carbocycles. The number of aliphatic hydroxyl groups is 1. The second-order valence-electron chi connectivity index (χ2n) is 9.22. The van der Waals surface area contributed by atoms with Gasteiger partial charge in [-0.2, -0.15) is 0 Å². The van der Waals surface area contributed by atoms with Gasteiger partial charge in [-0.15, -0.1) is 0 Å². The van der Waals surface area contributed by atoms with E-state index in [9.17, 15) is 10.2 Å². The lowest BCUT2D eigenvalue weighted by Gasteiger charge is -2.30. The number of aromatic hydroxyl groups is 1. The van der Waals surface area contributed by atoms with Crippen molar-refractivity contribution in [1.82, 2.24) is 0 Å². The molecule has 2 rings (SSSR count). The molecule has 3 nitrogen and oxygen atoms in total. The summed E-state index contributed by atoms with van der Waals surface area (Å²) in [5.41, 5.74) is 3.14. The Hall–Kier alpha value is -1.06. The first kappa shape index (κ1) is 18.3. The van der Waals surface area contributed by atoms with Gasteiger partial charge >= 0.3 is 0 Å². The van der Waals surface area contributed by atoms with Crippen molar-refractivity contribution in [3.05, 3.63) is 28.8 Å². The van der Waals surface area contributed by atoms with Crippen LogP contribution in [0.1, 0.15) is 71.1 Å². The van der Waals surface area contributed by atoms with Crippen LogP contribution in [0.25, 0.3) is 0 Å². The van der Waals surface area contributed by atoms with E-state index in [0.29, 0.717) is 5.75 Å². The molecule has 1 aliphatic rings. The quantitative estimate of drug-likeness (QED) is 0.784. The van der Waals surface area contributed by atoms with E-state index in [2.05, 4.69) is 53.7 Å². The molecule has 0 aliphatic carbocycles. The average Bonchev–Trinajstić information content (AvgIpc) is 2.38. The molecule has 0 bridgehead atoms. The molecule has 1 unspecified atom stereocenters. The van der Waals surface area contributed by atoms with E-state index >= 15 is 0 Å². The van der Waals surface area contributed by atoms with Crippen LogP contribution in [-0.4, -0.2) is 29.4 Å². The molecule has 2 atom stereocenters. The van der Waals surface area contributed by atoms with E-state index < -0.39 is 0 Å². The molecule has 23 heavy (non-hydrogen) atoms. The van der Waals surface area contributed by atoms with Gasteiger partial charge < -0.3 is 15.1 Å². The van der Waals surface area contributed by atoms with Gasteiger partial charge in [0.2, 0.25) is 0 Å². The Kier molecular flexibility index (Phi) is 5.12. The third-order valence-corrected chi connectivity index (χ3v) is 4.83. The van der Waals surface area contributed by atoms with Crippen LogP contribution in [0.15, 0.2) is 12.1 Å². The molecule has 0 aromatic heterocycles. The zero-order valence-electron chi connectivity index (χ0n) is 15.7. The monoisotopic (exact) mass is 320 g/mol. The molecule has 1 aromatic rings. The maximum absolute atomic E-state index is 10.8. The van der Waals surface area contributed by atoms with Gasteiger partial charge in [0.1, 0.15) is 24.9 Å². The number of nitrogens with one attached hydrogen (secondary N) is 1. The molecule has 130 valence electrons. The normalized spacial score (nSPS) is 23.1. The van der Waals surface area contributed by atoms with Crippen molar-refractivity contribution < 1.29 is 15.1 Å². The van der Waals surface area contributed by atoms with Gasteiger partial charge in [-0.1, -0.05) is 41.5 Å². The molecule has 1 aliphatic heterocycles. The molecule has 1 aromatic carbocycles. The summed E-state index contributed by atoms with van der Waals surface area (Å²) < 4.78 is 0. The minimum atomic E-state index is -0.167. The van der Waals surface area contributed by atoms with Crippen LogP contribution in [0.5, 0.6) is 5.75 Å². The lowest BCUT2D eigenvalue weighted by molar-refractivity contribution is -0.921. The summed E-state index contributed by atoms with van der Waals surface area (Å²) in [6, 6.07) is 4.33. The van der Waals surface area contributed by atoms with Gasteiger partial charge in [0.15, 0.2) is 0 Å². The summed E-state index contributed by atoms with van der Waals surface area (Å²) in [5.74, 6) is 0.447. The third kappa shape index (κ3) is 4.48.